The van der Waals surface area contributed by atoms with Gasteiger partial charge < -0.3 is 20.8 Å². The Bertz CT molecular complexity index is 1720. The number of nitrogens with two attached hydrogens (primary N) is 1. The molecule has 12 nitrogen and oxygen atoms in total. The van der Waals surface area contributed by atoms with Crippen molar-refractivity contribution in [1.29, 1.82) is 0 Å². The number of carbonyl (C=O) groups is 4. The largest absolute Gasteiger partial charge is 0.490 e. The van der Waals surface area contributed by atoms with Crippen molar-refractivity contribution in [2.45, 2.75) is 44.4 Å². The van der Waals surface area contributed by atoms with Crippen LogP contribution >= 0.6 is 0 Å². The lowest BCUT2D eigenvalue weighted by Crippen LogP contribution is -2.44. The lowest BCUT2D eigenvalue weighted by atomic mass is 9.99. The Morgan fingerprint density at radius 2 is 1.65 bits per heavy atom. The molecule has 2 heterocycles. The van der Waals surface area contributed by atoms with Crippen LogP contribution < -0.4 is 10.6 Å². The average molecular weight is 682 g/mol. The van der Waals surface area contributed by atoms with E-state index in [1.165, 1.54) is 9.80 Å². The van der Waals surface area contributed by atoms with E-state index in [0.717, 1.165) is 5.56 Å². The number of hydrogen-bond donors (Lipinski definition) is 3. The van der Waals surface area contributed by atoms with Crippen molar-refractivity contribution in [2.24, 2.45) is 10.7 Å². The van der Waals surface area contributed by atoms with Crippen LogP contribution in [0.1, 0.15) is 47.3 Å². The van der Waals surface area contributed by atoms with Gasteiger partial charge in [0, 0.05) is 11.9 Å². The van der Waals surface area contributed by atoms with Crippen LogP contribution in [0.3, 0.4) is 0 Å². The fraction of sp³-hybridized carbons (Fsp3) is 0.265. The second-order valence-electron chi connectivity index (χ2n) is 11.0. The first-order chi connectivity index (χ1) is 23.3. The maximum Gasteiger partial charge on any atom is 0.490 e. The number of amides is 2. The molecule has 4 N–H and O–H groups in total. The second kappa shape index (κ2) is 15.9. The van der Waals surface area contributed by atoms with Crippen LogP contribution in [-0.4, -0.2) is 75.3 Å². The van der Waals surface area contributed by atoms with Crippen molar-refractivity contribution in [3.63, 3.8) is 0 Å². The SMILES string of the molecule is CC1C=CN=C(N)N1OCCCc1ccc2c(c1)C(=O)N(C(CC(=O)O)c1ccccc1)CC(=O)N2c1ccccc1.O=C(O)C(F)(F)F. The predicted octanol–water partition coefficient (Wildman–Crippen LogP) is 5.05. The number of halogens is 3. The first kappa shape index (κ1) is 36.1. The van der Waals surface area contributed by atoms with Crippen molar-refractivity contribution in [2.75, 3.05) is 18.1 Å². The molecule has 0 spiro atoms. The third-order valence-corrected chi connectivity index (χ3v) is 7.54. The first-order valence-electron chi connectivity index (χ1n) is 15.1. The summed E-state index contributed by atoms with van der Waals surface area (Å²) in [4.78, 5) is 61.7. The van der Waals surface area contributed by atoms with E-state index in [-0.39, 0.29) is 24.9 Å². The molecule has 3 aromatic carbocycles. The number of carbonyl (C=O) groups excluding carboxylic acids is 2. The predicted molar refractivity (Wildman–Crippen MR) is 173 cm³/mol. The lowest BCUT2D eigenvalue weighted by molar-refractivity contribution is -0.192. The van der Waals surface area contributed by atoms with Crippen molar-refractivity contribution in [3.05, 3.63) is 108 Å². The van der Waals surface area contributed by atoms with Crippen LogP contribution in [0.5, 0.6) is 0 Å². The number of aryl methyl sites for hydroxylation is 1. The Hall–Kier alpha value is -5.70. The molecule has 2 aliphatic rings. The van der Waals surface area contributed by atoms with Gasteiger partial charge in [-0.15, -0.1) is 0 Å². The molecule has 49 heavy (non-hydrogen) atoms. The number of fused-ring (bicyclic) bond motifs is 1. The molecule has 0 saturated heterocycles. The number of alkyl halides is 3. The first-order valence-corrected chi connectivity index (χ1v) is 15.1. The normalized spacial score (nSPS) is 16.6. The molecule has 2 atom stereocenters. The molecule has 0 bridgehead atoms. The fourth-order valence-corrected chi connectivity index (χ4v) is 5.25. The van der Waals surface area contributed by atoms with Crippen molar-refractivity contribution >= 4 is 41.1 Å². The van der Waals surface area contributed by atoms with Gasteiger partial charge in [-0.25, -0.2) is 14.9 Å². The Morgan fingerprint density at radius 1 is 1.02 bits per heavy atom. The van der Waals surface area contributed by atoms with Gasteiger partial charge in [-0.2, -0.15) is 13.2 Å². The number of carboxylic acid groups (broad SMARTS) is 2. The minimum atomic E-state index is -5.08. The summed E-state index contributed by atoms with van der Waals surface area (Å²) in [5.41, 5.74) is 8.89. The number of anilines is 2. The molecule has 0 aliphatic carbocycles. The molecule has 15 heteroatoms. The number of carboxylic acids is 2. The van der Waals surface area contributed by atoms with E-state index < -0.39 is 30.1 Å². The van der Waals surface area contributed by atoms with Crippen LogP contribution in [0.25, 0.3) is 0 Å². The van der Waals surface area contributed by atoms with Crippen LogP contribution in [0.2, 0.25) is 0 Å². The number of nitrogens with zero attached hydrogens (tertiary/aromatic N) is 4. The number of guanidine groups is 1. The summed E-state index contributed by atoms with van der Waals surface area (Å²) in [6, 6.07) is 22.7. The van der Waals surface area contributed by atoms with Gasteiger partial charge in [0.25, 0.3) is 11.8 Å². The van der Waals surface area contributed by atoms with E-state index in [2.05, 4.69) is 4.99 Å². The van der Waals surface area contributed by atoms with Gasteiger partial charge >= 0.3 is 18.1 Å². The number of hydrogen-bond acceptors (Lipinski definition) is 8. The minimum absolute atomic E-state index is 0.0385. The fourth-order valence-electron chi connectivity index (χ4n) is 5.25. The van der Waals surface area contributed by atoms with Crippen molar-refractivity contribution < 1.29 is 47.4 Å². The van der Waals surface area contributed by atoms with E-state index in [1.54, 1.807) is 47.7 Å². The van der Waals surface area contributed by atoms with Gasteiger partial charge in [0.2, 0.25) is 5.96 Å². The van der Waals surface area contributed by atoms with Gasteiger partial charge in [-0.3, -0.25) is 24.1 Å². The van der Waals surface area contributed by atoms with Crippen LogP contribution in [0, 0.1) is 0 Å². The molecule has 5 rings (SSSR count). The van der Waals surface area contributed by atoms with E-state index in [9.17, 15) is 32.7 Å². The summed E-state index contributed by atoms with van der Waals surface area (Å²) in [5, 5.41) is 18.4. The van der Waals surface area contributed by atoms with E-state index in [4.69, 9.17) is 20.5 Å². The molecular formula is C34H34F3N5O7. The third kappa shape index (κ3) is 9.22. The van der Waals surface area contributed by atoms with Gasteiger partial charge in [0.1, 0.15) is 6.54 Å². The highest BCUT2D eigenvalue weighted by molar-refractivity contribution is 6.13. The zero-order valence-corrected chi connectivity index (χ0v) is 26.3. The summed E-state index contributed by atoms with van der Waals surface area (Å²) in [6.07, 6.45) is -0.640. The Morgan fingerprint density at radius 3 is 2.24 bits per heavy atom. The van der Waals surface area contributed by atoms with Gasteiger partial charge in [0.05, 0.1) is 36.4 Å². The maximum absolute atomic E-state index is 14.2. The van der Waals surface area contributed by atoms with Crippen LogP contribution in [-0.2, 0) is 25.6 Å². The Kier molecular flexibility index (Phi) is 11.7. The molecule has 2 aliphatic heterocycles. The van der Waals surface area contributed by atoms with E-state index >= 15 is 0 Å². The van der Waals surface area contributed by atoms with Gasteiger partial charge in [-0.1, -0.05) is 54.6 Å². The lowest BCUT2D eigenvalue weighted by Gasteiger charge is -2.30. The molecule has 0 fully saturated rings. The summed E-state index contributed by atoms with van der Waals surface area (Å²) in [7, 11) is 0. The average Bonchev–Trinajstić information content (AvgIpc) is 3.17. The van der Waals surface area contributed by atoms with E-state index in [1.807, 2.05) is 55.5 Å². The Balaban J connectivity index is 0.000000698. The highest BCUT2D eigenvalue weighted by Gasteiger charge is 2.39. The molecule has 0 aromatic heterocycles. The number of para-hydroxylation sites is 1. The molecule has 0 saturated carbocycles. The smallest absolute Gasteiger partial charge is 0.481 e. The molecule has 2 amide bonds. The molecule has 3 aromatic rings. The van der Waals surface area contributed by atoms with E-state index in [0.29, 0.717) is 47.9 Å². The number of hydroxylamine groups is 2. The molecular weight excluding hydrogens is 647 g/mol. The number of aliphatic carboxylic acids is 2. The highest BCUT2D eigenvalue weighted by Crippen LogP contribution is 2.36. The second-order valence-corrected chi connectivity index (χ2v) is 11.0. The molecule has 2 unspecified atom stereocenters. The van der Waals surface area contributed by atoms with Crippen molar-refractivity contribution in [1.82, 2.24) is 9.96 Å². The number of benzene rings is 3. The minimum Gasteiger partial charge on any atom is -0.481 e. The molecule has 0 radical (unpaired) electrons. The van der Waals surface area contributed by atoms with Gasteiger partial charge in [-0.05, 0) is 61.2 Å². The highest BCUT2D eigenvalue weighted by atomic mass is 19.4. The summed E-state index contributed by atoms with van der Waals surface area (Å²) < 4.78 is 31.7. The van der Waals surface area contributed by atoms with Gasteiger partial charge in [0.15, 0.2) is 0 Å². The summed E-state index contributed by atoms with van der Waals surface area (Å²) in [5.74, 6) is -4.26. The number of rotatable bonds is 10. The third-order valence-electron chi connectivity index (χ3n) is 7.54. The monoisotopic (exact) mass is 681 g/mol. The van der Waals surface area contributed by atoms with Crippen LogP contribution in [0.15, 0.2) is 96.1 Å². The zero-order chi connectivity index (χ0) is 35.7. The topological polar surface area (TPSA) is 166 Å². The quantitative estimate of drug-likeness (QED) is 0.248. The van der Waals surface area contributed by atoms with Crippen molar-refractivity contribution in [3.8, 4) is 0 Å². The summed E-state index contributed by atoms with van der Waals surface area (Å²) >= 11 is 0. The zero-order valence-electron chi connectivity index (χ0n) is 26.3. The number of aliphatic imine (C=N–C) groups is 1. The summed E-state index contributed by atoms with van der Waals surface area (Å²) in [6.45, 7) is 2.06. The Labute approximate surface area is 279 Å². The van der Waals surface area contributed by atoms with Crippen LogP contribution in [0.4, 0.5) is 24.5 Å². The maximum atomic E-state index is 14.2. The standard InChI is InChI=1S/C32H33N5O5.C2HF3O2/c1-22-16-17-34-32(33)37(22)42-18-8-9-23-14-15-27-26(19-23)31(41)35(21-29(38)36(27)25-12-6-3-7-13-25)28(20-30(39)40)24-10-4-2-5-11-24;3-2(4,5)1(6)7/h2-7,10-17,19,22,28H,8-9,18,20-21H2,1H3,(H2,33,34)(H,39,40);(H,6,7). The molecule has 258 valence electrons.